The molecule has 1 aliphatic rings. The number of fused-ring (bicyclic) bond motifs is 1. The predicted molar refractivity (Wildman–Crippen MR) is 138 cm³/mol. The van der Waals surface area contributed by atoms with Crippen molar-refractivity contribution < 1.29 is 45.4 Å². The zero-order chi connectivity index (χ0) is 30.1. The maximum absolute atomic E-state index is 13.3. The Kier molecular flexibility index (Phi) is 7.77. The van der Waals surface area contributed by atoms with Gasteiger partial charge in [-0.1, -0.05) is 41.7 Å². The van der Waals surface area contributed by atoms with Crippen molar-refractivity contribution in [3.8, 4) is 22.1 Å². The summed E-state index contributed by atoms with van der Waals surface area (Å²) in [5.74, 6) is -1.06. The van der Waals surface area contributed by atoms with Gasteiger partial charge in [0, 0.05) is 17.5 Å². The topological polar surface area (TPSA) is 102 Å². The molecule has 0 bridgehead atoms. The molecule has 1 unspecified atom stereocenters. The van der Waals surface area contributed by atoms with Crippen molar-refractivity contribution in [2.75, 3.05) is 12.1 Å². The number of hydrogen-bond acceptors (Lipinski definition) is 7. The summed E-state index contributed by atoms with van der Waals surface area (Å²) in [6.45, 7) is 0.0722. The number of hydrogen-bond donors (Lipinski definition) is 2. The van der Waals surface area contributed by atoms with E-state index < -0.39 is 46.9 Å². The molecule has 2 N–H and O–H groups in total. The SMILES string of the molecule is O=C(NC(Cc1ccccc1)C(=O)Nc1nnc(-c2ccc3c(c2)OCO3)s1)c1cc(C(F)(F)F)cc(C(F)(F)F)c1. The van der Waals surface area contributed by atoms with Gasteiger partial charge < -0.3 is 14.8 Å². The zero-order valence-electron chi connectivity index (χ0n) is 21.0. The summed E-state index contributed by atoms with van der Waals surface area (Å²) in [6, 6.07) is 12.5. The second-order valence-electron chi connectivity index (χ2n) is 8.98. The van der Waals surface area contributed by atoms with Gasteiger partial charge in [0.05, 0.1) is 11.1 Å². The van der Waals surface area contributed by atoms with Crippen LogP contribution in [0.3, 0.4) is 0 Å². The van der Waals surface area contributed by atoms with Crippen LogP contribution in [0.15, 0.2) is 66.7 Å². The number of benzene rings is 3. The van der Waals surface area contributed by atoms with Crippen LogP contribution in [0.4, 0.5) is 31.5 Å². The van der Waals surface area contributed by atoms with Gasteiger partial charge in [-0.05, 0) is 42.0 Å². The van der Waals surface area contributed by atoms with E-state index in [0.29, 0.717) is 39.8 Å². The number of carbonyl (C=O) groups is 2. The van der Waals surface area contributed by atoms with Gasteiger partial charge in [-0.25, -0.2) is 0 Å². The Labute approximate surface area is 237 Å². The highest BCUT2D eigenvalue weighted by molar-refractivity contribution is 7.18. The van der Waals surface area contributed by atoms with Crippen LogP contribution < -0.4 is 20.1 Å². The first-order chi connectivity index (χ1) is 19.9. The van der Waals surface area contributed by atoms with Gasteiger partial charge in [-0.2, -0.15) is 26.3 Å². The Bertz CT molecular complexity index is 1590. The van der Waals surface area contributed by atoms with Crippen molar-refractivity contribution in [1.82, 2.24) is 15.5 Å². The highest BCUT2D eigenvalue weighted by atomic mass is 32.1. The number of amides is 2. The minimum atomic E-state index is -5.15. The Morgan fingerprint density at radius 2 is 1.52 bits per heavy atom. The molecule has 0 spiro atoms. The van der Waals surface area contributed by atoms with Crippen molar-refractivity contribution in [3.63, 3.8) is 0 Å². The molecule has 8 nitrogen and oxygen atoms in total. The molecular formula is C27H18F6N4O4S. The normalized spacial score (nSPS) is 13.5. The molecule has 0 aliphatic carbocycles. The average Bonchev–Trinajstić information content (AvgIpc) is 3.61. The van der Waals surface area contributed by atoms with E-state index in [1.165, 1.54) is 0 Å². The highest BCUT2D eigenvalue weighted by Gasteiger charge is 2.38. The first-order valence-electron chi connectivity index (χ1n) is 12.1. The summed E-state index contributed by atoms with van der Waals surface area (Å²) in [7, 11) is 0. The Hall–Kier alpha value is -4.66. The van der Waals surface area contributed by atoms with Gasteiger partial charge in [0.15, 0.2) is 11.5 Å². The molecular weight excluding hydrogens is 590 g/mol. The number of nitrogens with one attached hydrogen (secondary N) is 2. The molecule has 3 aromatic carbocycles. The van der Waals surface area contributed by atoms with Gasteiger partial charge in [-0.3, -0.25) is 14.9 Å². The number of halogens is 6. The second-order valence-corrected chi connectivity index (χ2v) is 9.96. The first kappa shape index (κ1) is 28.9. The summed E-state index contributed by atoms with van der Waals surface area (Å²) in [5, 5.41) is 13.2. The highest BCUT2D eigenvalue weighted by Crippen LogP contribution is 2.38. The maximum atomic E-state index is 13.3. The molecule has 4 aromatic rings. The molecule has 42 heavy (non-hydrogen) atoms. The first-order valence-corrected chi connectivity index (χ1v) is 12.9. The standard InChI is InChI=1S/C27H18F6N4O4S/c28-26(29,30)17-9-16(10-18(12-17)27(31,32)33)22(38)34-19(8-14-4-2-1-3-5-14)23(39)35-25-37-36-24(42-25)15-6-7-20-21(11-15)41-13-40-20/h1-7,9-12,19H,8,13H2,(H,34,38)(H,35,37,39). The molecule has 1 atom stereocenters. The average molecular weight is 609 g/mol. The van der Waals surface area contributed by atoms with Gasteiger partial charge in [0.25, 0.3) is 5.91 Å². The maximum Gasteiger partial charge on any atom is 0.416 e. The fourth-order valence-electron chi connectivity index (χ4n) is 4.00. The molecule has 2 heterocycles. The number of nitrogens with zero attached hydrogens (tertiary/aromatic N) is 2. The van der Waals surface area contributed by atoms with E-state index in [0.717, 1.165) is 11.3 Å². The molecule has 0 saturated heterocycles. The van der Waals surface area contributed by atoms with E-state index in [4.69, 9.17) is 9.47 Å². The molecule has 1 aliphatic heterocycles. The molecule has 218 valence electrons. The molecule has 1 aromatic heterocycles. The third kappa shape index (κ3) is 6.62. The number of carbonyl (C=O) groups excluding carboxylic acids is 2. The van der Waals surface area contributed by atoms with Crippen molar-refractivity contribution in [1.29, 1.82) is 0 Å². The van der Waals surface area contributed by atoms with Crippen LogP contribution in [0.2, 0.25) is 0 Å². The van der Waals surface area contributed by atoms with E-state index in [9.17, 15) is 35.9 Å². The summed E-state index contributed by atoms with van der Waals surface area (Å²) in [5.41, 5.74) is -3.04. The Morgan fingerprint density at radius 3 is 2.19 bits per heavy atom. The molecule has 0 saturated carbocycles. The largest absolute Gasteiger partial charge is 0.454 e. The Morgan fingerprint density at radius 1 is 0.857 bits per heavy atom. The summed E-state index contributed by atoms with van der Waals surface area (Å²) < 4.78 is 90.5. The quantitative estimate of drug-likeness (QED) is 0.252. The molecule has 0 fully saturated rings. The fraction of sp³-hybridized carbons (Fsp3) is 0.185. The van der Waals surface area contributed by atoms with Crippen molar-refractivity contribution in [2.24, 2.45) is 0 Å². The minimum absolute atomic E-state index is 0.0402. The van der Waals surface area contributed by atoms with Gasteiger partial charge >= 0.3 is 12.4 Å². The lowest BCUT2D eigenvalue weighted by atomic mass is 10.0. The van der Waals surface area contributed by atoms with Crippen LogP contribution in [0.1, 0.15) is 27.0 Å². The van der Waals surface area contributed by atoms with Crippen molar-refractivity contribution >= 4 is 28.3 Å². The smallest absolute Gasteiger partial charge is 0.416 e. The van der Waals surface area contributed by atoms with Crippen LogP contribution in [-0.2, 0) is 23.6 Å². The third-order valence-corrected chi connectivity index (χ3v) is 6.92. The fourth-order valence-corrected chi connectivity index (χ4v) is 4.74. The number of aromatic nitrogens is 2. The van der Waals surface area contributed by atoms with Crippen LogP contribution >= 0.6 is 11.3 Å². The zero-order valence-corrected chi connectivity index (χ0v) is 21.9. The number of alkyl halides is 6. The summed E-state index contributed by atoms with van der Waals surface area (Å²) in [4.78, 5) is 26.2. The summed E-state index contributed by atoms with van der Waals surface area (Å²) in [6.07, 6.45) is -10.4. The van der Waals surface area contributed by atoms with Gasteiger partial charge in [0.1, 0.15) is 11.0 Å². The summed E-state index contributed by atoms with van der Waals surface area (Å²) >= 11 is 0.995. The molecule has 0 radical (unpaired) electrons. The van der Waals surface area contributed by atoms with Crippen LogP contribution in [0.25, 0.3) is 10.6 Å². The third-order valence-electron chi connectivity index (χ3n) is 6.03. The lowest BCUT2D eigenvalue weighted by Crippen LogP contribution is -2.45. The van der Waals surface area contributed by atoms with E-state index in [1.54, 1.807) is 48.5 Å². The lowest BCUT2D eigenvalue weighted by molar-refractivity contribution is -0.143. The van der Waals surface area contributed by atoms with E-state index in [-0.39, 0.29) is 24.4 Å². The Balaban J connectivity index is 1.39. The van der Waals surface area contributed by atoms with Gasteiger partial charge in [0.2, 0.25) is 17.8 Å². The minimum Gasteiger partial charge on any atom is -0.454 e. The predicted octanol–water partition coefficient (Wildman–Crippen LogP) is 5.95. The van der Waals surface area contributed by atoms with Crippen LogP contribution in [0, 0.1) is 0 Å². The van der Waals surface area contributed by atoms with Gasteiger partial charge in [-0.15, -0.1) is 10.2 Å². The van der Waals surface area contributed by atoms with Crippen molar-refractivity contribution in [3.05, 3.63) is 89.0 Å². The van der Waals surface area contributed by atoms with E-state index in [2.05, 4.69) is 20.8 Å². The molecule has 5 rings (SSSR count). The number of ether oxygens (including phenoxy) is 2. The lowest BCUT2D eigenvalue weighted by Gasteiger charge is -2.19. The monoisotopic (exact) mass is 608 g/mol. The second kappa shape index (κ2) is 11.3. The number of anilines is 1. The number of rotatable bonds is 7. The van der Waals surface area contributed by atoms with E-state index >= 15 is 0 Å². The molecule has 2 amide bonds. The van der Waals surface area contributed by atoms with Crippen molar-refractivity contribution in [2.45, 2.75) is 24.8 Å². The van der Waals surface area contributed by atoms with Crippen LogP contribution in [0.5, 0.6) is 11.5 Å². The molecule has 15 heteroatoms. The van der Waals surface area contributed by atoms with Crippen LogP contribution in [-0.4, -0.2) is 34.8 Å². The van der Waals surface area contributed by atoms with E-state index in [1.807, 2.05) is 0 Å².